The summed E-state index contributed by atoms with van der Waals surface area (Å²) in [5.74, 6) is -120. The zero-order chi connectivity index (χ0) is 52.8. The van der Waals surface area contributed by atoms with Gasteiger partial charge in [-0.1, -0.05) is 30.3 Å². The SMILES string of the molecule is O=P(O)(O)C(OC(F)=C(F)C(F)(F)C(F)(F)C(F)(F)C(F)(F)C(F)(F)C(F)(F)C(F)(F)F)(OC(F)=C(F)C(F)(F)C(F)(F)C(F)(F)C(F)(F)C(F)(F)C(F)(F)C(F)(F)F)c1ccccc1. The highest BCUT2D eigenvalue weighted by molar-refractivity contribution is 7.52. The maximum absolute atomic E-state index is 14.8. The third-order valence-corrected chi connectivity index (χ3v) is 8.74. The van der Waals surface area contributed by atoms with Crippen LogP contribution in [0.2, 0.25) is 0 Å². The lowest BCUT2D eigenvalue weighted by Crippen LogP contribution is -2.72. The summed E-state index contributed by atoms with van der Waals surface area (Å²) in [7, 11) is -8.04. The summed E-state index contributed by atoms with van der Waals surface area (Å²) >= 11 is 0. The first-order valence-corrected chi connectivity index (χ1v) is 15.8. The molecule has 1 aromatic carbocycles. The highest BCUT2D eigenvalue weighted by atomic mass is 31.2. The normalized spacial score (nSPS) is 17.6. The number of halogens is 34. The van der Waals surface area contributed by atoms with E-state index in [1.807, 2.05) is 0 Å². The zero-order valence-electron chi connectivity index (χ0n) is 28.3. The fourth-order valence-corrected chi connectivity index (χ4v) is 4.75. The number of alkyl halides is 30. The summed E-state index contributed by atoms with van der Waals surface area (Å²) in [6.07, 6.45) is -16.4. The van der Waals surface area contributed by atoms with Gasteiger partial charge in [-0.2, -0.15) is 149 Å². The minimum Gasteiger partial charge on any atom is -0.411 e. The Hall–Kier alpha value is -3.93. The lowest BCUT2D eigenvalue weighted by Gasteiger charge is -2.41. The first-order chi connectivity index (χ1) is 27.9. The van der Waals surface area contributed by atoms with Crippen LogP contribution in [0.3, 0.4) is 0 Å². The van der Waals surface area contributed by atoms with Crippen LogP contribution in [0.1, 0.15) is 5.56 Å². The Balaban J connectivity index is 4.29. The molecular formula is C25H7F34O5P. The van der Waals surface area contributed by atoms with Gasteiger partial charge in [-0.25, -0.2) is 0 Å². The first kappa shape index (κ1) is 59.1. The summed E-state index contributed by atoms with van der Waals surface area (Å²) in [6.45, 7) is 0. The number of allylic oxidation sites excluding steroid dienone is 2. The quantitative estimate of drug-likeness (QED) is 0.0663. The monoisotopic (exact) mass is 1060 g/mol. The fourth-order valence-electron chi connectivity index (χ4n) is 3.86. The number of hydrogen-bond donors (Lipinski definition) is 2. The van der Waals surface area contributed by atoms with Crippen LogP contribution in [0.15, 0.2) is 54.0 Å². The number of benzene rings is 1. The summed E-state index contributed by atoms with van der Waals surface area (Å²) in [5, 5.41) is 0. The Morgan fingerprint density at radius 2 is 0.585 bits per heavy atom. The molecule has 40 heteroatoms. The van der Waals surface area contributed by atoms with Crippen LogP contribution in [0, 0.1) is 0 Å². The number of ether oxygens (including phenoxy) is 2. The predicted molar refractivity (Wildman–Crippen MR) is 132 cm³/mol. The lowest BCUT2D eigenvalue weighted by molar-refractivity contribution is -0.451. The molecule has 0 bridgehead atoms. The molecular weight excluding hydrogens is 1060 g/mol. The van der Waals surface area contributed by atoms with Gasteiger partial charge in [-0.15, -0.1) is 0 Å². The molecule has 0 aliphatic carbocycles. The molecule has 0 radical (unpaired) electrons. The van der Waals surface area contributed by atoms with E-state index in [-0.39, 0.29) is 12.1 Å². The molecule has 0 unspecified atom stereocenters. The molecule has 65 heavy (non-hydrogen) atoms. The molecule has 0 atom stereocenters. The van der Waals surface area contributed by atoms with Crippen molar-refractivity contribution in [3.8, 4) is 0 Å². The summed E-state index contributed by atoms with van der Waals surface area (Å²) in [5.41, 5.74) is -8.75. The molecule has 0 heterocycles. The van der Waals surface area contributed by atoms with Gasteiger partial charge in [0.15, 0.2) is 0 Å². The van der Waals surface area contributed by atoms with Crippen LogP contribution >= 0.6 is 7.60 Å². The van der Waals surface area contributed by atoms with Gasteiger partial charge in [-0.05, 0) is 0 Å². The lowest BCUT2D eigenvalue weighted by atomic mass is 9.90. The molecule has 0 aromatic heterocycles. The van der Waals surface area contributed by atoms with Crippen molar-refractivity contribution in [3.05, 3.63) is 59.6 Å². The van der Waals surface area contributed by atoms with E-state index in [0.29, 0.717) is 6.07 Å². The second-order valence-electron chi connectivity index (χ2n) is 11.8. The van der Waals surface area contributed by atoms with E-state index in [9.17, 15) is 164 Å². The molecule has 5 nitrogen and oxygen atoms in total. The molecule has 0 fully saturated rings. The van der Waals surface area contributed by atoms with E-state index in [4.69, 9.17) is 0 Å². The second kappa shape index (κ2) is 16.1. The van der Waals surface area contributed by atoms with Crippen LogP contribution in [0.4, 0.5) is 149 Å². The minimum absolute atomic E-state index is 0.0208. The van der Waals surface area contributed by atoms with Gasteiger partial charge in [0.1, 0.15) is 0 Å². The van der Waals surface area contributed by atoms with E-state index in [2.05, 4.69) is 9.47 Å². The van der Waals surface area contributed by atoms with Crippen LogP contribution in [0.25, 0.3) is 0 Å². The third-order valence-electron chi connectivity index (χ3n) is 7.53. The molecule has 0 spiro atoms. The molecule has 2 N–H and O–H groups in total. The molecule has 1 aromatic rings. The predicted octanol–water partition coefficient (Wildman–Crippen LogP) is 13.0. The zero-order valence-corrected chi connectivity index (χ0v) is 29.2. The van der Waals surface area contributed by atoms with E-state index in [1.54, 1.807) is 0 Å². The Labute approximate surface area is 330 Å². The van der Waals surface area contributed by atoms with Gasteiger partial charge in [0.25, 0.3) is 0 Å². The Bertz CT molecular complexity index is 1900. The molecule has 380 valence electrons. The largest absolute Gasteiger partial charge is 0.460 e. The maximum atomic E-state index is 14.8. The van der Waals surface area contributed by atoms with E-state index in [1.165, 1.54) is 0 Å². The highest BCUT2D eigenvalue weighted by Crippen LogP contribution is 2.67. The van der Waals surface area contributed by atoms with Gasteiger partial charge in [-0.3, -0.25) is 4.57 Å². The average molecular weight is 1060 g/mol. The van der Waals surface area contributed by atoms with Crippen molar-refractivity contribution in [2.75, 3.05) is 0 Å². The first-order valence-electron chi connectivity index (χ1n) is 14.2. The summed E-state index contributed by atoms with van der Waals surface area (Å²) in [6, 6.07) is -10.8. The van der Waals surface area contributed by atoms with Crippen molar-refractivity contribution in [1.29, 1.82) is 0 Å². The van der Waals surface area contributed by atoms with Gasteiger partial charge in [0, 0.05) is 5.56 Å². The van der Waals surface area contributed by atoms with Crippen LogP contribution in [-0.4, -0.2) is 93.2 Å². The number of rotatable bonds is 18. The van der Waals surface area contributed by atoms with Crippen molar-refractivity contribution in [2.24, 2.45) is 0 Å². The molecule has 1 rings (SSSR count). The minimum atomic E-state index is -9.34. The second-order valence-corrected chi connectivity index (χ2v) is 13.4. The Morgan fingerprint density at radius 1 is 0.369 bits per heavy atom. The van der Waals surface area contributed by atoms with Crippen molar-refractivity contribution in [2.45, 2.75) is 89.0 Å². The standard InChI is InChI=1S/C25H7F34O5P/c26-7(11(30,31)14(34,35)16(38,39)18(42,43)20(46,47)22(50,51)24(54,55)56)9(28)63-13(65(60,61)62,6-4-2-1-3-5-6)64-10(29)8(27)12(32,33)15(36,37)17(40,41)19(44,45)21(48,49)23(52,53)25(57,58)59/h1-5H,(H2,60,61,62). The van der Waals surface area contributed by atoms with Crippen molar-refractivity contribution in [3.63, 3.8) is 0 Å². The van der Waals surface area contributed by atoms with E-state index >= 15 is 0 Å². The van der Waals surface area contributed by atoms with Crippen LogP contribution in [0.5, 0.6) is 0 Å². The smallest absolute Gasteiger partial charge is 0.411 e. The topological polar surface area (TPSA) is 76.0 Å². The van der Waals surface area contributed by atoms with Gasteiger partial charge in [0.2, 0.25) is 11.7 Å². The van der Waals surface area contributed by atoms with Gasteiger partial charge < -0.3 is 19.3 Å². The van der Waals surface area contributed by atoms with Crippen LogP contribution in [-0.2, 0) is 19.6 Å². The summed E-state index contributed by atoms with van der Waals surface area (Å²) < 4.78 is 481. The third kappa shape index (κ3) is 8.21. The molecule has 0 saturated heterocycles. The fraction of sp³-hybridized carbons (Fsp3) is 0.600. The van der Waals surface area contributed by atoms with Gasteiger partial charge in [0.05, 0.1) is 0 Å². The average Bonchev–Trinajstić information content (AvgIpc) is 3.11. The van der Waals surface area contributed by atoms with Crippen LogP contribution < -0.4 is 0 Å². The summed E-state index contributed by atoms with van der Waals surface area (Å²) in [4.78, 5) is 19.1. The van der Waals surface area contributed by atoms with E-state index in [0.717, 1.165) is 0 Å². The molecule has 0 aliphatic heterocycles. The Morgan fingerprint density at radius 3 is 0.800 bits per heavy atom. The van der Waals surface area contributed by atoms with Gasteiger partial charge >= 0.3 is 109 Å². The molecule has 0 amide bonds. The van der Waals surface area contributed by atoms with Crippen molar-refractivity contribution in [1.82, 2.24) is 0 Å². The van der Waals surface area contributed by atoms with Crippen molar-refractivity contribution < 1.29 is 173 Å². The molecule has 0 aliphatic rings. The maximum Gasteiger partial charge on any atom is 0.460 e. The van der Waals surface area contributed by atoms with Crippen molar-refractivity contribution >= 4 is 7.60 Å². The Kier molecular flexibility index (Phi) is 14.6. The number of hydrogen-bond acceptors (Lipinski definition) is 3. The van der Waals surface area contributed by atoms with E-state index < -0.39 is 138 Å². The highest BCUT2D eigenvalue weighted by Gasteiger charge is 2.95. The molecule has 0 saturated carbocycles.